The SMILES string of the molecule is CC(C)CC(CBr)NC(=O)C1CCOc2ccccc21. The van der Waals surface area contributed by atoms with Crippen molar-refractivity contribution in [1.29, 1.82) is 0 Å². The predicted molar refractivity (Wildman–Crippen MR) is 84.5 cm³/mol. The van der Waals surface area contributed by atoms with Crippen LogP contribution in [0.3, 0.4) is 0 Å². The molecule has 0 saturated heterocycles. The van der Waals surface area contributed by atoms with Gasteiger partial charge in [-0.1, -0.05) is 48.0 Å². The molecule has 0 radical (unpaired) electrons. The van der Waals surface area contributed by atoms with E-state index < -0.39 is 0 Å². The van der Waals surface area contributed by atoms with E-state index in [0.717, 1.165) is 29.5 Å². The van der Waals surface area contributed by atoms with E-state index in [9.17, 15) is 4.79 Å². The predicted octanol–water partition coefficient (Wildman–Crippen LogP) is 3.48. The molecule has 1 aliphatic rings. The van der Waals surface area contributed by atoms with E-state index in [1.165, 1.54) is 0 Å². The molecule has 0 aromatic heterocycles. The van der Waals surface area contributed by atoms with Crippen LogP contribution < -0.4 is 10.1 Å². The minimum Gasteiger partial charge on any atom is -0.493 e. The summed E-state index contributed by atoms with van der Waals surface area (Å²) in [5.74, 6) is 1.44. The van der Waals surface area contributed by atoms with Gasteiger partial charge < -0.3 is 10.1 Å². The Labute approximate surface area is 129 Å². The van der Waals surface area contributed by atoms with Crippen molar-refractivity contribution >= 4 is 21.8 Å². The number of carbonyl (C=O) groups excluding carboxylic acids is 1. The van der Waals surface area contributed by atoms with Crippen LogP contribution in [0.5, 0.6) is 5.75 Å². The molecular weight excluding hydrogens is 318 g/mol. The number of halogens is 1. The van der Waals surface area contributed by atoms with Crippen LogP contribution in [0.1, 0.15) is 38.2 Å². The van der Waals surface area contributed by atoms with Crippen LogP contribution in [-0.4, -0.2) is 23.9 Å². The molecule has 2 atom stereocenters. The number of benzene rings is 1. The Morgan fingerprint density at radius 2 is 2.20 bits per heavy atom. The molecule has 1 amide bonds. The first kappa shape index (κ1) is 15.4. The summed E-state index contributed by atoms with van der Waals surface area (Å²) in [7, 11) is 0. The summed E-state index contributed by atoms with van der Waals surface area (Å²) < 4.78 is 5.61. The van der Waals surface area contributed by atoms with Gasteiger partial charge in [0, 0.05) is 16.9 Å². The van der Waals surface area contributed by atoms with Gasteiger partial charge in [0.1, 0.15) is 5.75 Å². The second kappa shape index (κ2) is 7.11. The Morgan fingerprint density at radius 3 is 2.90 bits per heavy atom. The Kier molecular flexibility index (Phi) is 5.46. The van der Waals surface area contributed by atoms with Crippen molar-refractivity contribution in [2.45, 2.75) is 38.6 Å². The Hall–Kier alpha value is -1.03. The number of fused-ring (bicyclic) bond motifs is 1. The van der Waals surface area contributed by atoms with Gasteiger partial charge in [-0.2, -0.15) is 0 Å². The van der Waals surface area contributed by atoms with Crippen LogP contribution in [0, 0.1) is 5.92 Å². The third-order valence-corrected chi connectivity index (χ3v) is 4.35. The number of ether oxygens (including phenoxy) is 1. The van der Waals surface area contributed by atoms with Crippen LogP contribution in [0.2, 0.25) is 0 Å². The summed E-state index contributed by atoms with van der Waals surface area (Å²) in [4.78, 5) is 12.5. The highest BCUT2D eigenvalue weighted by Crippen LogP contribution is 2.33. The lowest BCUT2D eigenvalue weighted by atomic mass is 9.92. The first-order chi connectivity index (χ1) is 9.61. The molecule has 3 nitrogen and oxygen atoms in total. The molecule has 1 N–H and O–H groups in total. The number of hydrogen-bond acceptors (Lipinski definition) is 2. The lowest BCUT2D eigenvalue weighted by molar-refractivity contribution is -0.123. The molecular formula is C16H22BrNO2. The smallest absolute Gasteiger partial charge is 0.228 e. The van der Waals surface area contributed by atoms with Crippen molar-refractivity contribution in [2.24, 2.45) is 5.92 Å². The third kappa shape index (κ3) is 3.75. The van der Waals surface area contributed by atoms with Gasteiger partial charge in [0.25, 0.3) is 0 Å². The number of amides is 1. The average Bonchev–Trinajstić information content (AvgIpc) is 2.45. The van der Waals surface area contributed by atoms with Crippen molar-refractivity contribution in [1.82, 2.24) is 5.32 Å². The highest BCUT2D eigenvalue weighted by Gasteiger charge is 2.28. The normalized spacial score (nSPS) is 19.1. The van der Waals surface area contributed by atoms with Crippen LogP contribution in [0.4, 0.5) is 0 Å². The number of rotatable bonds is 5. The van der Waals surface area contributed by atoms with Crippen molar-refractivity contribution in [2.75, 3.05) is 11.9 Å². The van der Waals surface area contributed by atoms with Gasteiger partial charge in [-0.3, -0.25) is 4.79 Å². The minimum absolute atomic E-state index is 0.0892. The highest BCUT2D eigenvalue weighted by atomic mass is 79.9. The highest BCUT2D eigenvalue weighted by molar-refractivity contribution is 9.09. The zero-order chi connectivity index (χ0) is 14.5. The van der Waals surface area contributed by atoms with Gasteiger partial charge in [0.05, 0.1) is 12.5 Å². The first-order valence-electron chi connectivity index (χ1n) is 7.20. The molecule has 110 valence electrons. The topological polar surface area (TPSA) is 38.3 Å². The molecule has 1 heterocycles. The fraction of sp³-hybridized carbons (Fsp3) is 0.562. The quantitative estimate of drug-likeness (QED) is 0.834. The summed E-state index contributed by atoms with van der Waals surface area (Å²) in [6, 6.07) is 8.02. The second-order valence-electron chi connectivity index (χ2n) is 5.72. The van der Waals surface area contributed by atoms with Crippen LogP contribution in [-0.2, 0) is 4.79 Å². The molecule has 0 bridgehead atoms. The molecule has 1 aromatic carbocycles. The maximum Gasteiger partial charge on any atom is 0.228 e. The zero-order valence-corrected chi connectivity index (χ0v) is 13.7. The van der Waals surface area contributed by atoms with Crippen LogP contribution >= 0.6 is 15.9 Å². The van der Waals surface area contributed by atoms with Crippen molar-refractivity contribution < 1.29 is 9.53 Å². The fourth-order valence-corrected chi connectivity index (χ4v) is 3.07. The molecule has 2 rings (SSSR count). The van der Waals surface area contributed by atoms with Gasteiger partial charge in [0.15, 0.2) is 0 Å². The summed E-state index contributed by atoms with van der Waals surface area (Å²) in [5.41, 5.74) is 1.01. The monoisotopic (exact) mass is 339 g/mol. The van der Waals surface area contributed by atoms with Gasteiger partial charge in [-0.05, 0) is 24.8 Å². The van der Waals surface area contributed by atoms with Crippen LogP contribution in [0.25, 0.3) is 0 Å². The Morgan fingerprint density at radius 1 is 1.45 bits per heavy atom. The number of carbonyl (C=O) groups is 1. The molecule has 20 heavy (non-hydrogen) atoms. The lowest BCUT2D eigenvalue weighted by Gasteiger charge is -2.27. The fourth-order valence-electron chi connectivity index (χ4n) is 2.65. The molecule has 1 aromatic rings. The van der Waals surface area contributed by atoms with Crippen molar-refractivity contribution in [3.63, 3.8) is 0 Å². The largest absolute Gasteiger partial charge is 0.493 e. The summed E-state index contributed by atoms with van der Waals surface area (Å²) in [6.07, 6.45) is 1.74. The maximum atomic E-state index is 12.5. The first-order valence-corrected chi connectivity index (χ1v) is 8.32. The number of nitrogens with one attached hydrogen (secondary N) is 1. The minimum atomic E-state index is -0.0892. The van der Waals surface area contributed by atoms with E-state index in [2.05, 4.69) is 35.1 Å². The summed E-state index contributed by atoms with van der Waals surface area (Å²) in [5, 5.41) is 3.96. The molecule has 2 unspecified atom stereocenters. The van der Waals surface area contributed by atoms with Crippen molar-refractivity contribution in [3.05, 3.63) is 29.8 Å². The van der Waals surface area contributed by atoms with Crippen LogP contribution in [0.15, 0.2) is 24.3 Å². The number of hydrogen-bond donors (Lipinski definition) is 1. The van der Waals surface area contributed by atoms with E-state index in [4.69, 9.17) is 4.74 Å². The molecule has 0 saturated carbocycles. The Bertz CT molecular complexity index is 462. The third-order valence-electron chi connectivity index (χ3n) is 3.56. The molecule has 0 fully saturated rings. The summed E-state index contributed by atoms with van der Waals surface area (Å²) >= 11 is 3.49. The molecule has 4 heteroatoms. The molecule has 0 aliphatic carbocycles. The maximum absolute atomic E-state index is 12.5. The van der Waals surface area contributed by atoms with Gasteiger partial charge in [-0.15, -0.1) is 0 Å². The molecule has 0 spiro atoms. The van der Waals surface area contributed by atoms with E-state index in [0.29, 0.717) is 12.5 Å². The zero-order valence-electron chi connectivity index (χ0n) is 12.1. The molecule has 1 aliphatic heterocycles. The van der Waals surface area contributed by atoms with Gasteiger partial charge in [0.2, 0.25) is 5.91 Å². The van der Waals surface area contributed by atoms with Crippen molar-refractivity contribution in [3.8, 4) is 5.75 Å². The average molecular weight is 340 g/mol. The van der Waals surface area contributed by atoms with E-state index in [1.807, 2.05) is 24.3 Å². The second-order valence-corrected chi connectivity index (χ2v) is 6.36. The number of alkyl halides is 1. The Balaban J connectivity index is 2.06. The van der Waals surface area contributed by atoms with E-state index in [1.54, 1.807) is 0 Å². The van der Waals surface area contributed by atoms with E-state index >= 15 is 0 Å². The van der Waals surface area contributed by atoms with Gasteiger partial charge >= 0.3 is 0 Å². The summed E-state index contributed by atoms with van der Waals surface area (Å²) in [6.45, 7) is 4.95. The standard InChI is InChI=1S/C16H22BrNO2/c1-11(2)9-12(10-17)18-16(19)14-7-8-20-15-6-4-3-5-13(14)15/h3-6,11-12,14H,7-10H2,1-2H3,(H,18,19). The van der Waals surface area contributed by atoms with Gasteiger partial charge in [-0.25, -0.2) is 0 Å². The van der Waals surface area contributed by atoms with E-state index in [-0.39, 0.29) is 17.9 Å². The number of para-hydroxylation sites is 1. The lowest BCUT2D eigenvalue weighted by Crippen LogP contribution is -2.41.